The second-order valence-electron chi connectivity index (χ2n) is 3.69. The molecule has 0 aliphatic rings. The van der Waals surface area contributed by atoms with Crippen molar-refractivity contribution in [1.29, 1.82) is 0 Å². The molecule has 0 N–H and O–H groups in total. The summed E-state index contributed by atoms with van der Waals surface area (Å²) < 4.78 is 4.75. The van der Waals surface area contributed by atoms with E-state index in [0.29, 0.717) is 0 Å². The molecule has 2 aromatic carbocycles. The highest BCUT2D eigenvalue weighted by molar-refractivity contribution is 7.73. The molecule has 0 bridgehead atoms. The van der Waals surface area contributed by atoms with Gasteiger partial charge in [0.15, 0.2) is 18.2 Å². The molecule has 2 rings (SSSR count). The van der Waals surface area contributed by atoms with Crippen molar-refractivity contribution in [3.05, 3.63) is 60.7 Å². The standard InChI is InChI=1S/C15H14O2P/c1-17-15(16)12-18(13-8-4-2-5-9-13)14-10-6-3-7-11-14/h2-12H,1H3/q+1. The minimum atomic E-state index is -0.796. The fourth-order valence-electron chi connectivity index (χ4n) is 1.63. The number of ether oxygens (including phenoxy) is 1. The van der Waals surface area contributed by atoms with Crippen LogP contribution in [0, 0.1) is 0 Å². The van der Waals surface area contributed by atoms with Gasteiger partial charge in [0.2, 0.25) is 5.80 Å². The Bertz CT molecular complexity index is 506. The van der Waals surface area contributed by atoms with Crippen molar-refractivity contribution in [2.24, 2.45) is 0 Å². The Labute approximate surface area is 108 Å². The van der Waals surface area contributed by atoms with Crippen LogP contribution in [0.15, 0.2) is 60.7 Å². The summed E-state index contributed by atoms with van der Waals surface area (Å²) in [6.45, 7) is 0. The summed E-state index contributed by atoms with van der Waals surface area (Å²) >= 11 is 0. The van der Waals surface area contributed by atoms with Crippen LogP contribution in [0.2, 0.25) is 0 Å². The van der Waals surface area contributed by atoms with Gasteiger partial charge >= 0.3 is 5.97 Å². The zero-order valence-electron chi connectivity index (χ0n) is 10.1. The minimum absolute atomic E-state index is 0.284. The molecule has 0 atom stereocenters. The zero-order chi connectivity index (χ0) is 12.8. The Morgan fingerprint density at radius 1 is 0.944 bits per heavy atom. The number of carbonyl (C=O) groups excluding carboxylic acids is 1. The van der Waals surface area contributed by atoms with Gasteiger partial charge in [0, 0.05) is 0 Å². The molecule has 0 fully saturated rings. The van der Waals surface area contributed by atoms with Gasteiger partial charge < -0.3 is 4.74 Å². The summed E-state index contributed by atoms with van der Waals surface area (Å²) in [5, 5.41) is 2.29. The summed E-state index contributed by atoms with van der Waals surface area (Å²) in [5.41, 5.74) is 0. The van der Waals surface area contributed by atoms with Crippen LogP contribution in [0.5, 0.6) is 0 Å². The molecule has 0 amide bonds. The molecule has 0 radical (unpaired) electrons. The Kier molecular flexibility index (Phi) is 4.27. The summed E-state index contributed by atoms with van der Waals surface area (Å²) in [7, 11) is 0.609. The van der Waals surface area contributed by atoms with Gasteiger partial charge in [0.1, 0.15) is 0 Å². The van der Waals surface area contributed by atoms with Crippen molar-refractivity contribution < 1.29 is 9.53 Å². The number of carbonyl (C=O) groups is 1. The van der Waals surface area contributed by atoms with Crippen LogP contribution in [0.1, 0.15) is 0 Å². The lowest BCUT2D eigenvalue weighted by Gasteiger charge is -1.96. The first-order valence-corrected chi connectivity index (χ1v) is 7.04. The van der Waals surface area contributed by atoms with Gasteiger partial charge in [-0.1, -0.05) is 36.4 Å². The highest BCUT2D eigenvalue weighted by Crippen LogP contribution is 2.20. The second kappa shape index (κ2) is 6.13. The zero-order valence-corrected chi connectivity index (χ0v) is 11.0. The summed E-state index contributed by atoms with van der Waals surface area (Å²) in [6, 6.07) is 20.0. The fraction of sp³-hybridized carbons (Fsp3) is 0.0667. The van der Waals surface area contributed by atoms with Gasteiger partial charge in [-0.2, -0.15) is 0 Å². The molecule has 0 aliphatic carbocycles. The highest BCUT2D eigenvalue weighted by atomic mass is 31.1. The molecule has 0 saturated carbocycles. The van der Waals surface area contributed by atoms with Crippen LogP contribution in [0.25, 0.3) is 0 Å². The van der Waals surface area contributed by atoms with Crippen LogP contribution in [0.4, 0.5) is 0 Å². The van der Waals surface area contributed by atoms with E-state index in [9.17, 15) is 4.79 Å². The van der Waals surface area contributed by atoms with E-state index in [4.69, 9.17) is 4.74 Å². The molecule has 0 saturated heterocycles. The Morgan fingerprint density at radius 3 is 1.78 bits per heavy atom. The van der Waals surface area contributed by atoms with E-state index in [-0.39, 0.29) is 5.97 Å². The number of benzene rings is 2. The maximum Gasteiger partial charge on any atom is 0.373 e. The van der Waals surface area contributed by atoms with Gasteiger partial charge in [-0.25, -0.2) is 4.79 Å². The predicted octanol–water partition coefficient (Wildman–Crippen LogP) is 2.09. The monoisotopic (exact) mass is 257 g/mol. The number of hydrogen-bond acceptors (Lipinski definition) is 2. The van der Waals surface area contributed by atoms with Crippen LogP contribution >= 0.6 is 7.55 Å². The van der Waals surface area contributed by atoms with E-state index in [1.807, 2.05) is 60.7 Å². The number of hydrogen-bond donors (Lipinski definition) is 0. The maximum absolute atomic E-state index is 11.5. The Morgan fingerprint density at radius 2 is 1.39 bits per heavy atom. The van der Waals surface area contributed by atoms with E-state index in [1.54, 1.807) is 5.80 Å². The third-order valence-corrected chi connectivity index (χ3v) is 4.68. The van der Waals surface area contributed by atoms with Gasteiger partial charge in [0.05, 0.1) is 7.11 Å². The molecule has 0 aromatic heterocycles. The summed E-state index contributed by atoms with van der Waals surface area (Å²) in [4.78, 5) is 11.5. The van der Waals surface area contributed by atoms with Crippen molar-refractivity contribution in [3.63, 3.8) is 0 Å². The molecule has 2 aromatic rings. The van der Waals surface area contributed by atoms with Gasteiger partial charge in [0.25, 0.3) is 0 Å². The lowest BCUT2D eigenvalue weighted by Crippen LogP contribution is -2.11. The molecular weight excluding hydrogens is 243 g/mol. The van der Waals surface area contributed by atoms with Gasteiger partial charge in [-0.3, -0.25) is 0 Å². The third-order valence-electron chi connectivity index (χ3n) is 2.50. The van der Waals surface area contributed by atoms with Gasteiger partial charge in [-0.15, -0.1) is 0 Å². The topological polar surface area (TPSA) is 26.3 Å². The number of rotatable bonds is 3. The normalized spacial score (nSPS) is 9.61. The van der Waals surface area contributed by atoms with Crippen LogP contribution < -0.4 is 10.6 Å². The quantitative estimate of drug-likeness (QED) is 0.621. The Balaban J connectivity index is 2.49. The molecule has 0 unspecified atom stereocenters. The minimum Gasteiger partial charge on any atom is -0.463 e. The van der Waals surface area contributed by atoms with E-state index >= 15 is 0 Å². The highest BCUT2D eigenvalue weighted by Gasteiger charge is 2.19. The molecular formula is C15H14O2P+. The van der Waals surface area contributed by atoms with Crippen molar-refractivity contribution >= 4 is 29.9 Å². The van der Waals surface area contributed by atoms with E-state index in [0.717, 1.165) is 10.6 Å². The lowest BCUT2D eigenvalue weighted by molar-refractivity contribution is -0.131. The van der Waals surface area contributed by atoms with Crippen LogP contribution in [-0.4, -0.2) is 18.9 Å². The average Bonchev–Trinajstić information content (AvgIpc) is 2.46. The van der Waals surface area contributed by atoms with Crippen molar-refractivity contribution in [2.75, 3.05) is 7.11 Å². The average molecular weight is 257 g/mol. The molecule has 0 spiro atoms. The van der Waals surface area contributed by atoms with E-state index in [1.165, 1.54) is 7.11 Å². The van der Waals surface area contributed by atoms with Crippen molar-refractivity contribution in [1.82, 2.24) is 0 Å². The molecule has 0 aliphatic heterocycles. The first-order valence-electron chi connectivity index (χ1n) is 5.63. The van der Waals surface area contributed by atoms with E-state index < -0.39 is 7.55 Å². The first kappa shape index (κ1) is 12.5. The Hall–Kier alpha value is -1.92. The molecule has 0 heterocycles. The first-order chi connectivity index (χ1) is 8.81. The summed E-state index contributed by atoms with van der Waals surface area (Å²) in [5.74, 6) is 1.38. The fourth-order valence-corrected chi connectivity index (χ4v) is 3.53. The molecule has 18 heavy (non-hydrogen) atoms. The molecule has 90 valence electrons. The maximum atomic E-state index is 11.5. The van der Waals surface area contributed by atoms with Crippen LogP contribution in [-0.2, 0) is 9.53 Å². The van der Waals surface area contributed by atoms with Gasteiger partial charge in [-0.05, 0) is 24.3 Å². The van der Waals surface area contributed by atoms with Crippen LogP contribution in [0.3, 0.4) is 0 Å². The van der Waals surface area contributed by atoms with Crippen molar-refractivity contribution in [3.8, 4) is 0 Å². The molecule has 3 heteroatoms. The second-order valence-corrected chi connectivity index (χ2v) is 5.72. The number of esters is 1. The predicted molar refractivity (Wildman–Crippen MR) is 77.2 cm³/mol. The largest absolute Gasteiger partial charge is 0.463 e. The van der Waals surface area contributed by atoms with Crippen molar-refractivity contribution in [2.45, 2.75) is 0 Å². The number of methoxy groups -OCH3 is 1. The van der Waals surface area contributed by atoms with E-state index in [2.05, 4.69) is 0 Å². The molecule has 2 nitrogen and oxygen atoms in total. The third kappa shape index (κ3) is 3.06. The SMILES string of the molecule is COC(=O)C=[P+](c1ccccc1)c1ccccc1. The smallest absolute Gasteiger partial charge is 0.373 e. The summed E-state index contributed by atoms with van der Waals surface area (Å²) in [6.07, 6.45) is 0. The lowest BCUT2D eigenvalue weighted by atomic mass is 10.4.